The van der Waals surface area contributed by atoms with Crippen LogP contribution < -0.4 is 5.32 Å². The molecule has 2 amide bonds. The van der Waals surface area contributed by atoms with E-state index in [9.17, 15) is 24.6 Å². The van der Waals surface area contributed by atoms with E-state index in [-0.39, 0.29) is 36.3 Å². The summed E-state index contributed by atoms with van der Waals surface area (Å²) in [5, 5.41) is 27.6. The summed E-state index contributed by atoms with van der Waals surface area (Å²) in [6.45, 7) is -0.187. The molecule has 2 aromatic carbocycles. The molecule has 206 valence electrons. The summed E-state index contributed by atoms with van der Waals surface area (Å²) >= 11 is 2.46. The molecular weight excluding hydrogens is 558 g/mol. The number of carbonyl (C=O) groups excluding carboxylic acids is 2. The van der Waals surface area contributed by atoms with Crippen LogP contribution in [-0.2, 0) is 25.8 Å². The number of carboxylic acid groups (broad SMARTS) is 1. The maximum Gasteiger partial charge on any atom is 0.322 e. The van der Waals surface area contributed by atoms with Gasteiger partial charge in [-0.05, 0) is 30.3 Å². The van der Waals surface area contributed by atoms with E-state index < -0.39 is 28.0 Å². The second-order valence-corrected chi connectivity index (χ2v) is 11.9. The first-order valence-electron chi connectivity index (χ1n) is 12.2. The number of amides is 2. The quantitative estimate of drug-likeness (QED) is 0.161. The number of fused-ring (bicyclic) bond motifs is 4. The number of furan rings is 2. The molecule has 2 aliphatic heterocycles. The van der Waals surface area contributed by atoms with E-state index in [1.165, 1.54) is 30.0 Å². The van der Waals surface area contributed by atoms with Crippen LogP contribution in [0, 0.1) is 0 Å². The van der Waals surface area contributed by atoms with Gasteiger partial charge in [-0.3, -0.25) is 14.4 Å². The number of β-lactam (4-membered cyclic amide) rings is 1. The number of hydrogen-bond acceptors (Lipinski definition) is 10. The normalized spacial score (nSPS) is 22.7. The number of carboxylic acids is 1. The predicted molar refractivity (Wildman–Crippen MR) is 148 cm³/mol. The zero-order chi connectivity index (χ0) is 28.0. The SMILES string of the molecule is CON=C(C(=O)N[C@@H]1C(=O)N2CC(Sc3ccc4c(c3)oc3c(CO)cccc34)(C(=O)O)CS[C@H]12)c1ccco1. The van der Waals surface area contributed by atoms with Crippen LogP contribution in [0.5, 0.6) is 0 Å². The van der Waals surface area contributed by atoms with E-state index in [2.05, 4.69) is 10.5 Å². The van der Waals surface area contributed by atoms with Gasteiger partial charge in [0.05, 0.1) is 12.9 Å². The third-order valence-electron chi connectivity index (χ3n) is 6.92. The Morgan fingerprint density at radius 3 is 2.83 bits per heavy atom. The van der Waals surface area contributed by atoms with Crippen LogP contribution >= 0.6 is 23.5 Å². The highest BCUT2D eigenvalue weighted by Gasteiger charge is 2.58. The van der Waals surface area contributed by atoms with Crippen molar-refractivity contribution >= 4 is 69.0 Å². The fourth-order valence-corrected chi connectivity index (χ4v) is 7.82. The minimum absolute atomic E-state index is 0.0279. The summed E-state index contributed by atoms with van der Waals surface area (Å²) < 4.78 is 9.96. The van der Waals surface area contributed by atoms with Crippen LogP contribution in [0.4, 0.5) is 0 Å². The smallest absolute Gasteiger partial charge is 0.322 e. The number of aliphatic hydroxyl groups excluding tert-OH is 1. The topological polar surface area (TPSA) is 155 Å². The Labute approximate surface area is 235 Å². The number of carbonyl (C=O) groups is 3. The largest absolute Gasteiger partial charge is 0.480 e. The minimum Gasteiger partial charge on any atom is -0.480 e. The molecule has 3 atom stereocenters. The van der Waals surface area contributed by atoms with Gasteiger partial charge in [0, 0.05) is 33.5 Å². The number of benzene rings is 2. The number of hydrogen-bond donors (Lipinski definition) is 3. The highest BCUT2D eigenvalue weighted by Crippen LogP contribution is 2.47. The minimum atomic E-state index is -1.31. The Balaban J connectivity index is 1.20. The zero-order valence-corrected chi connectivity index (χ0v) is 22.7. The molecular formula is C27H23N3O8S2. The summed E-state index contributed by atoms with van der Waals surface area (Å²) in [6, 6.07) is 13.4. The first-order valence-corrected chi connectivity index (χ1v) is 14.1. The second kappa shape index (κ2) is 10.2. The third-order valence-corrected chi connectivity index (χ3v) is 9.96. The number of thioether (sulfide) groups is 2. The number of aliphatic carboxylic acids is 1. The van der Waals surface area contributed by atoms with Crippen LogP contribution in [0.15, 0.2) is 73.7 Å². The summed E-state index contributed by atoms with van der Waals surface area (Å²) in [6.07, 6.45) is 1.39. The van der Waals surface area contributed by atoms with Crippen molar-refractivity contribution in [3.8, 4) is 0 Å². The predicted octanol–water partition coefficient (Wildman–Crippen LogP) is 3.04. The molecule has 2 aromatic heterocycles. The fourth-order valence-electron chi connectivity index (χ4n) is 4.95. The molecule has 13 heteroatoms. The average Bonchev–Trinajstić information content (AvgIpc) is 3.62. The van der Waals surface area contributed by atoms with Crippen molar-refractivity contribution in [2.75, 3.05) is 19.4 Å². The second-order valence-electron chi connectivity index (χ2n) is 9.33. The molecule has 3 N–H and O–H groups in total. The van der Waals surface area contributed by atoms with E-state index in [4.69, 9.17) is 13.7 Å². The Kier molecular flexibility index (Phi) is 6.72. The number of nitrogens with one attached hydrogen (secondary N) is 1. The Bertz CT molecular complexity index is 1670. The molecule has 4 aromatic rings. The average molecular weight is 582 g/mol. The van der Waals surface area contributed by atoms with Crippen molar-refractivity contribution in [2.24, 2.45) is 5.16 Å². The lowest BCUT2D eigenvalue weighted by Gasteiger charge is -2.53. The van der Waals surface area contributed by atoms with Crippen LogP contribution in [0.25, 0.3) is 21.9 Å². The Hall–Kier alpha value is -3.94. The van der Waals surface area contributed by atoms with Gasteiger partial charge in [0.1, 0.15) is 34.4 Å². The van der Waals surface area contributed by atoms with Gasteiger partial charge in [-0.15, -0.1) is 23.5 Å². The fraction of sp³-hybridized carbons (Fsp3) is 0.259. The molecule has 6 rings (SSSR count). The summed E-state index contributed by atoms with van der Waals surface area (Å²) in [5.41, 5.74) is 1.73. The van der Waals surface area contributed by atoms with Crippen molar-refractivity contribution in [3.05, 3.63) is 66.1 Å². The molecule has 2 fully saturated rings. The number of para-hydroxylation sites is 1. The van der Waals surface area contributed by atoms with Gasteiger partial charge in [-0.2, -0.15) is 0 Å². The Morgan fingerprint density at radius 1 is 1.25 bits per heavy atom. The summed E-state index contributed by atoms with van der Waals surface area (Å²) in [4.78, 5) is 45.4. The van der Waals surface area contributed by atoms with Crippen molar-refractivity contribution in [1.82, 2.24) is 10.2 Å². The van der Waals surface area contributed by atoms with Crippen LogP contribution in [0.1, 0.15) is 11.3 Å². The lowest BCUT2D eigenvalue weighted by atomic mass is 10.0. The summed E-state index contributed by atoms with van der Waals surface area (Å²) in [7, 11) is 1.30. The van der Waals surface area contributed by atoms with E-state index in [1.54, 1.807) is 24.3 Å². The van der Waals surface area contributed by atoms with E-state index in [1.807, 2.05) is 24.3 Å². The standard InChI is InChI=1S/C27H23N3O8S2/c1-36-29-20(18-6-3-9-37-18)23(32)28-21-24(33)30-12-27(26(34)35,13-39-25(21)30)40-15-7-8-16-17-5-2-4-14(11-31)22(17)38-19(16)10-15/h2-10,21,25,31H,11-13H2,1H3,(H,28,32)(H,34,35)/t21-,25-,27?/m1/s1. The highest BCUT2D eigenvalue weighted by molar-refractivity contribution is 8.05. The van der Waals surface area contributed by atoms with Gasteiger partial charge in [0.15, 0.2) is 5.76 Å². The van der Waals surface area contributed by atoms with Gasteiger partial charge in [-0.25, -0.2) is 0 Å². The molecule has 40 heavy (non-hydrogen) atoms. The number of aliphatic hydroxyl groups is 1. The zero-order valence-electron chi connectivity index (χ0n) is 21.0. The lowest BCUT2D eigenvalue weighted by Crippen LogP contribution is -2.74. The van der Waals surface area contributed by atoms with E-state index in [0.717, 1.165) is 22.5 Å². The van der Waals surface area contributed by atoms with E-state index >= 15 is 0 Å². The Morgan fingerprint density at radius 2 is 2.10 bits per heavy atom. The van der Waals surface area contributed by atoms with Gasteiger partial charge in [-0.1, -0.05) is 23.4 Å². The first-order chi connectivity index (χ1) is 19.3. The van der Waals surface area contributed by atoms with Crippen molar-refractivity contribution < 1.29 is 38.3 Å². The van der Waals surface area contributed by atoms with Crippen LogP contribution in [0.2, 0.25) is 0 Å². The molecule has 2 aliphatic rings. The first kappa shape index (κ1) is 26.3. The maximum atomic E-state index is 13.1. The molecule has 0 radical (unpaired) electrons. The van der Waals surface area contributed by atoms with Gasteiger partial charge in [0.2, 0.25) is 11.6 Å². The summed E-state index contributed by atoms with van der Waals surface area (Å²) in [5.74, 6) is -1.66. The lowest BCUT2D eigenvalue weighted by molar-refractivity contribution is -0.151. The molecule has 0 bridgehead atoms. The number of oxime groups is 1. The van der Waals surface area contributed by atoms with Crippen molar-refractivity contribution in [3.63, 3.8) is 0 Å². The number of nitrogens with zero attached hydrogens (tertiary/aromatic N) is 2. The van der Waals surface area contributed by atoms with Crippen LogP contribution in [0.3, 0.4) is 0 Å². The number of rotatable bonds is 8. The molecule has 2 saturated heterocycles. The molecule has 0 saturated carbocycles. The van der Waals surface area contributed by atoms with Gasteiger partial charge < -0.3 is 34.1 Å². The molecule has 11 nitrogen and oxygen atoms in total. The molecule has 4 heterocycles. The van der Waals surface area contributed by atoms with Gasteiger partial charge in [0.25, 0.3) is 5.91 Å². The van der Waals surface area contributed by atoms with Gasteiger partial charge >= 0.3 is 5.97 Å². The maximum absolute atomic E-state index is 13.1. The monoisotopic (exact) mass is 581 g/mol. The highest BCUT2D eigenvalue weighted by atomic mass is 32.2. The van der Waals surface area contributed by atoms with Crippen molar-refractivity contribution in [1.29, 1.82) is 0 Å². The van der Waals surface area contributed by atoms with Crippen molar-refractivity contribution in [2.45, 2.75) is 27.7 Å². The molecule has 1 unspecified atom stereocenters. The molecule has 0 aliphatic carbocycles. The molecule has 0 spiro atoms. The van der Waals surface area contributed by atoms with E-state index in [0.29, 0.717) is 21.6 Å². The third kappa shape index (κ3) is 4.30. The van der Waals surface area contributed by atoms with Crippen LogP contribution in [-0.4, -0.2) is 74.2 Å².